The summed E-state index contributed by atoms with van der Waals surface area (Å²) >= 11 is 1.65. The SMILES string of the molecule is COc1cccc(CSc2nnc(-c3ccco3)n2Cc2ccccc2)c1. The molecular weight excluding hydrogens is 358 g/mol. The van der Waals surface area contributed by atoms with E-state index in [-0.39, 0.29) is 0 Å². The maximum absolute atomic E-state index is 5.56. The molecule has 0 atom stereocenters. The molecule has 2 aromatic heterocycles. The second-order valence-electron chi connectivity index (χ2n) is 6.00. The van der Waals surface area contributed by atoms with Crippen molar-refractivity contribution in [1.29, 1.82) is 0 Å². The Morgan fingerprint density at radius 2 is 1.81 bits per heavy atom. The number of aromatic nitrogens is 3. The van der Waals surface area contributed by atoms with E-state index >= 15 is 0 Å². The first-order chi connectivity index (χ1) is 13.3. The van der Waals surface area contributed by atoms with E-state index in [0.29, 0.717) is 12.3 Å². The van der Waals surface area contributed by atoms with Crippen molar-refractivity contribution in [3.05, 3.63) is 84.1 Å². The van der Waals surface area contributed by atoms with Gasteiger partial charge in [0.1, 0.15) is 5.75 Å². The lowest BCUT2D eigenvalue weighted by atomic mass is 10.2. The van der Waals surface area contributed by atoms with E-state index in [1.807, 2.05) is 48.5 Å². The highest BCUT2D eigenvalue weighted by Gasteiger charge is 2.17. The number of benzene rings is 2. The van der Waals surface area contributed by atoms with Gasteiger partial charge in [0.05, 0.1) is 19.9 Å². The second-order valence-corrected chi connectivity index (χ2v) is 6.94. The molecule has 2 heterocycles. The number of hydrogen-bond acceptors (Lipinski definition) is 5. The molecule has 5 nitrogen and oxygen atoms in total. The molecule has 4 aromatic rings. The van der Waals surface area contributed by atoms with Gasteiger partial charge in [0.2, 0.25) is 5.82 Å². The highest BCUT2D eigenvalue weighted by Crippen LogP contribution is 2.28. The summed E-state index contributed by atoms with van der Waals surface area (Å²) in [4.78, 5) is 0. The number of nitrogens with zero attached hydrogens (tertiary/aromatic N) is 3. The van der Waals surface area contributed by atoms with Gasteiger partial charge in [-0.15, -0.1) is 10.2 Å². The number of furan rings is 1. The summed E-state index contributed by atoms with van der Waals surface area (Å²) in [5.74, 6) is 3.08. The molecule has 0 aliphatic heterocycles. The first kappa shape index (κ1) is 17.4. The third-order valence-corrected chi connectivity index (χ3v) is 5.18. The summed E-state index contributed by atoms with van der Waals surface area (Å²) in [6, 6.07) is 22.1. The Kier molecular flexibility index (Phi) is 5.25. The summed E-state index contributed by atoms with van der Waals surface area (Å²) in [5.41, 5.74) is 2.36. The van der Waals surface area contributed by atoms with Gasteiger partial charge in [-0.2, -0.15) is 0 Å². The molecule has 0 aliphatic carbocycles. The van der Waals surface area contributed by atoms with E-state index in [1.165, 1.54) is 11.1 Å². The van der Waals surface area contributed by atoms with E-state index in [0.717, 1.165) is 22.5 Å². The predicted octanol–water partition coefficient (Wildman–Crippen LogP) is 4.89. The van der Waals surface area contributed by atoms with E-state index in [4.69, 9.17) is 9.15 Å². The fourth-order valence-corrected chi connectivity index (χ4v) is 3.68. The maximum atomic E-state index is 5.56. The minimum Gasteiger partial charge on any atom is -0.497 e. The van der Waals surface area contributed by atoms with Crippen LogP contribution in [0.15, 0.2) is 82.6 Å². The number of methoxy groups -OCH3 is 1. The Bertz CT molecular complexity index is 997. The fraction of sp³-hybridized carbons (Fsp3) is 0.143. The first-order valence-corrected chi connectivity index (χ1v) is 9.59. The van der Waals surface area contributed by atoms with E-state index in [1.54, 1.807) is 25.1 Å². The standard InChI is InChI=1S/C21H19N3O2S/c1-25-18-10-5-9-17(13-18)15-27-21-23-22-20(19-11-6-12-26-19)24(21)14-16-7-3-2-4-8-16/h2-13H,14-15H2,1H3. The monoisotopic (exact) mass is 377 g/mol. The Hall–Kier alpha value is -2.99. The molecule has 0 bridgehead atoms. The van der Waals surface area contributed by atoms with Crippen LogP contribution in [0.2, 0.25) is 0 Å². The van der Waals surface area contributed by atoms with Gasteiger partial charge in [0, 0.05) is 5.75 Å². The van der Waals surface area contributed by atoms with Crippen LogP contribution < -0.4 is 4.74 Å². The molecule has 0 fully saturated rings. The van der Waals surface area contributed by atoms with Crippen LogP contribution in [0, 0.1) is 0 Å². The topological polar surface area (TPSA) is 53.1 Å². The van der Waals surface area contributed by atoms with Crippen LogP contribution in [0.25, 0.3) is 11.6 Å². The Labute approximate surface area is 162 Å². The third-order valence-electron chi connectivity index (χ3n) is 4.14. The molecule has 136 valence electrons. The number of ether oxygens (including phenoxy) is 1. The molecule has 4 rings (SSSR count). The minimum atomic E-state index is 0.685. The zero-order valence-corrected chi connectivity index (χ0v) is 15.7. The Balaban J connectivity index is 1.61. The number of rotatable bonds is 7. The van der Waals surface area contributed by atoms with Gasteiger partial charge in [-0.05, 0) is 35.4 Å². The summed E-state index contributed by atoms with van der Waals surface area (Å²) in [5, 5.41) is 9.64. The number of hydrogen-bond donors (Lipinski definition) is 0. The van der Waals surface area contributed by atoms with Crippen molar-refractivity contribution in [3.8, 4) is 17.3 Å². The summed E-state index contributed by atoms with van der Waals surface area (Å²) in [6.45, 7) is 0.685. The molecule has 0 saturated heterocycles. The minimum absolute atomic E-state index is 0.685. The largest absolute Gasteiger partial charge is 0.497 e. The van der Waals surface area contributed by atoms with Crippen LogP contribution in [-0.2, 0) is 12.3 Å². The molecule has 0 spiro atoms. The van der Waals surface area contributed by atoms with Crippen molar-refractivity contribution in [2.45, 2.75) is 17.5 Å². The molecule has 0 N–H and O–H groups in total. The normalized spacial score (nSPS) is 10.9. The molecule has 0 aliphatic rings. The van der Waals surface area contributed by atoms with Crippen LogP contribution in [0.5, 0.6) is 5.75 Å². The van der Waals surface area contributed by atoms with E-state index < -0.39 is 0 Å². The molecule has 0 amide bonds. The highest BCUT2D eigenvalue weighted by molar-refractivity contribution is 7.98. The van der Waals surface area contributed by atoms with Gasteiger partial charge in [0.25, 0.3) is 0 Å². The van der Waals surface area contributed by atoms with Crippen molar-refractivity contribution in [2.24, 2.45) is 0 Å². The molecule has 27 heavy (non-hydrogen) atoms. The van der Waals surface area contributed by atoms with Crippen LogP contribution in [-0.4, -0.2) is 21.9 Å². The molecule has 6 heteroatoms. The van der Waals surface area contributed by atoms with Crippen LogP contribution >= 0.6 is 11.8 Å². The quantitative estimate of drug-likeness (QED) is 0.429. The predicted molar refractivity (Wildman–Crippen MR) is 106 cm³/mol. The molecule has 0 unspecified atom stereocenters. The van der Waals surface area contributed by atoms with Gasteiger partial charge in [0.15, 0.2) is 10.9 Å². The lowest BCUT2D eigenvalue weighted by molar-refractivity contribution is 0.414. The average Bonchev–Trinajstić information content (AvgIpc) is 3.37. The van der Waals surface area contributed by atoms with Crippen molar-refractivity contribution in [2.75, 3.05) is 7.11 Å². The van der Waals surface area contributed by atoms with Gasteiger partial charge >= 0.3 is 0 Å². The highest BCUT2D eigenvalue weighted by atomic mass is 32.2. The Morgan fingerprint density at radius 3 is 2.59 bits per heavy atom. The fourth-order valence-electron chi connectivity index (χ4n) is 2.80. The van der Waals surface area contributed by atoms with Gasteiger partial charge in [-0.1, -0.05) is 54.2 Å². The summed E-state index contributed by atoms with van der Waals surface area (Å²) in [6.07, 6.45) is 1.65. The van der Waals surface area contributed by atoms with Gasteiger partial charge in [-0.3, -0.25) is 4.57 Å². The first-order valence-electron chi connectivity index (χ1n) is 8.60. The molecule has 0 radical (unpaired) electrons. The lowest BCUT2D eigenvalue weighted by Crippen LogP contribution is -2.03. The van der Waals surface area contributed by atoms with E-state index in [9.17, 15) is 0 Å². The molecular formula is C21H19N3O2S. The number of thioether (sulfide) groups is 1. The van der Waals surface area contributed by atoms with Gasteiger partial charge in [-0.25, -0.2) is 0 Å². The van der Waals surface area contributed by atoms with Crippen molar-refractivity contribution in [3.63, 3.8) is 0 Å². The van der Waals surface area contributed by atoms with Crippen molar-refractivity contribution >= 4 is 11.8 Å². The molecule has 0 saturated carbocycles. The van der Waals surface area contributed by atoms with Crippen molar-refractivity contribution < 1.29 is 9.15 Å². The second kappa shape index (κ2) is 8.14. The maximum Gasteiger partial charge on any atom is 0.200 e. The van der Waals surface area contributed by atoms with Crippen molar-refractivity contribution in [1.82, 2.24) is 14.8 Å². The van der Waals surface area contributed by atoms with E-state index in [2.05, 4.69) is 33.0 Å². The zero-order valence-electron chi connectivity index (χ0n) is 14.9. The summed E-state index contributed by atoms with van der Waals surface area (Å²) in [7, 11) is 1.68. The molecule has 2 aromatic carbocycles. The van der Waals surface area contributed by atoms with Crippen LogP contribution in [0.1, 0.15) is 11.1 Å². The summed E-state index contributed by atoms with van der Waals surface area (Å²) < 4.78 is 13.0. The van der Waals surface area contributed by atoms with Crippen LogP contribution in [0.4, 0.5) is 0 Å². The smallest absolute Gasteiger partial charge is 0.200 e. The van der Waals surface area contributed by atoms with Gasteiger partial charge < -0.3 is 9.15 Å². The van der Waals surface area contributed by atoms with Crippen LogP contribution in [0.3, 0.4) is 0 Å². The average molecular weight is 377 g/mol. The third kappa shape index (κ3) is 4.06. The zero-order chi connectivity index (χ0) is 18.5. The lowest BCUT2D eigenvalue weighted by Gasteiger charge is -2.10. The Morgan fingerprint density at radius 1 is 0.963 bits per heavy atom.